The van der Waals surface area contributed by atoms with Gasteiger partial charge in [-0.15, -0.1) is 0 Å². The van der Waals surface area contributed by atoms with Gasteiger partial charge in [0.1, 0.15) is 0 Å². The molecule has 160 valence electrons. The van der Waals surface area contributed by atoms with Crippen LogP contribution in [0, 0.1) is 0 Å². The maximum absolute atomic E-state index is 12.5. The van der Waals surface area contributed by atoms with Gasteiger partial charge in [0.2, 0.25) is 0 Å². The van der Waals surface area contributed by atoms with E-state index in [1.54, 1.807) is 16.9 Å². The van der Waals surface area contributed by atoms with Gasteiger partial charge in [-0.2, -0.15) is 5.10 Å². The average molecular weight is 427 g/mol. The summed E-state index contributed by atoms with van der Waals surface area (Å²) in [6, 6.07) is 17.1. The van der Waals surface area contributed by atoms with Crippen LogP contribution in [0.5, 0.6) is 0 Å². The van der Waals surface area contributed by atoms with Crippen LogP contribution >= 0.6 is 0 Å². The van der Waals surface area contributed by atoms with Crippen molar-refractivity contribution in [1.82, 2.24) is 25.1 Å². The summed E-state index contributed by atoms with van der Waals surface area (Å²) in [5.74, 6) is -0.558. The summed E-state index contributed by atoms with van der Waals surface area (Å²) in [4.78, 5) is 32.6. The van der Waals surface area contributed by atoms with E-state index in [-0.39, 0.29) is 17.4 Å². The first-order valence-corrected chi connectivity index (χ1v) is 9.90. The first kappa shape index (κ1) is 20.7. The zero-order valence-corrected chi connectivity index (χ0v) is 17.1. The Morgan fingerprint density at radius 2 is 1.72 bits per heavy atom. The Morgan fingerprint density at radius 3 is 2.53 bits per heavy atom. The van der Waals surface area contributed by atoms with E-state index >= 15 is 0 Å². The normalized spacial score (nSPS) is 10.5. The number of nitrogen functional groups attached to an aromatic ring is 1. The van der Waals surface area contributed by atoms with Crippen LogP contribution < -0.4 is 16.4 Å². The van der Waals surface area contributed by atoms with Crippen molar-refractivity contribution >= 4 is 23.3 Å². The molecule has 0 bridgehead atoms. The molecule has 0 aliphatic carbocycles. The number of carbonyl (C=O) groups excluding carboxylic acids is 2. The van der Waals surface area contributed by atoms with Crippen LogP contribution in [0.4, 0.5) is 11.5 Å². The van der Waals surface area contributed by atoms with Crippen molar-refractivity contribution in [1.29, 1.82) is 0 Å². The van der Waals surface area contributed by atoms with Crippen LogP contribution in [0.15, 0.2) is 79.4 Å². The average Bonchev–Trinajstić information content (AvgIpc) is 3.25. The van der Waals surface area contributed by atoms with E-state index in [0.717, 1.165) is 11.1 Å². The maximum atomic E-state index is 12.5. The molecule has 4 N–H and O–H groups in total. The molecule has 2 heterocycles. The Kier molecular flexibility index (Phi) is 6.17. The Labute approximate surface area is 184 Å². The van der Waals surface area contributed by atoms with Crippen molar-refractivity contribution in [2.45, 2.75) is 13.1 Å². The van der Waals surface area contributed by atoms with Crippen molar-refractivity contribution in [3.05, 3.63) is 102 Å². The molecule has 0 spiro atoms. The maximum Gasteiger partial charge on any atom is 0.278 e. The second-order valence-electron chi connectivity index (χ2n) is 7.04. The van der Waals surface area contributed by atoms with Gasteiger partial charge in [0.15, 0.2) is 11.5 Å². The summed E-state index contributed by atoms with van der Waals surface area (Å²) in [7, 11) is 0. The molecule has 0 saturated heterocycles. The third-order valence-electron chi connectivity index (χ3n) is 4.66. The molecule has 2 amide bonds. The third-order valence-corrected chi connectivity index (χ3v) is 4.66. The minimum absolute atomic E-state index is 0.0504. The number of benzene rings is 2. The molecular formula is C23H21N7O2. The number of hydrogen-bond acceptors (Lipinski definition) is 6. The summed E-state index contributed by atoms with van der Waals surface area (Å²) >= 11 is 0. The molecule has 0 aliphatic heterocycles. The van der Waals surface area contributed by atoms with Crippen LogP contribution in [0.25, 0.3) is 0 Å². The highest BCUT2D eigenvalue weighted by Gasteiger charge is 2.13. The highest BCUT2D eigenvalue weighted by Crippen LogP contribution is 2.12. The molecule has 2 aromatic carbocycles. The smallest absolute Gasteiger partial charge is 0.278 e. The van der Waals surface area contributed by atoms with Gasteiger partial charge in [0.05, 0.1) is 18.4 Å². The van der Waals surface area contributed by atoms with Crippen molar-refractivity contribution in [2.75, 3.05) is 11.1 Å². The molecule has 2 aromatic heterocycles. The van der Waals surface area contributed by atoms with Crippen LogP contribution in [-0.4, -0.2) is 31.6 Å². The van der Waals surface area contributed by atoms with Gasteiger partial charge in [-0.25, -0.2) is 9.97 Å². The van der Waals surface area contributed by atoms with Crippen molar-refractivity contribution in [2.24, 2.45) is 0 Å². The number of anilines is 2. The minimum Gasteiger partial charge on any atom is -0.382 e. The number of nitrogens with one attached hydrogen (secondary N) is 2. The van der Waals surface area contributed by atoms with E-state index in [4.69, 9.17) is 5.73 Å². The van der Waals surface area contributed by atoms with Crippen molar-refractivity contribution in [3.8, 4) is 0 Å². The van der Waals surface area contributed by atoms with Crippen LogP contribution in [0.2, 0.25) is 0 Å². The second-order valence-corrected chi connectivity index (χ2v) is 7.04. The standard InChI is InChI=1S/C23H21N7O2/c24-21-20(25-9-10-26-21)23(32)29-19-13-28-30(15-19)14-17-7-4-8-18(11-17)22(31)27-12-16-5-2-1-3-6-16/h1-11,13,15H,12,14H2,(H2,24,26)(H,27,31)(H,29,32). The number of nitrogens with two attached hydrogens (primary N) is 1. The van der Waals surface area contributed by atoms with E-state index in [0.29, 0.717) is 24.3 Å². The third kappa shape index (κ3) is 5.14. The Hall–Kier alpha value is -4.53. The molecule has 9 nitrogen and oxygen atoms in total. The number of hydrogen-bond donors (Lipinski definition) is 3. The summed E-state index contributed by atoms with van der Waals surface area (Å²) in [6.07, 6.45) is 6.03. The fourth-order valence-electron chi connectivity index (χ4n) is 3.11. The zero-order chi connectivity index (χ0) is 22.3. The van der Waals surface area contributed by atoms with Crippen LogP contribution in [-0.2, 0) is 13.1 Å². The van der Waals surface area contributed by atoms with E-state index in [1.165, 1.54) is 18.6 Å². The number of nitrogens with zero attached hydrogens (tertiary/aromatic N) is 4. The molecule has 4 rings (SSSR count). The van der Waals surface area contributed by atoms with Gasteiger partial charge in [-0.05, 0) is 23.3 Å². The molecule has 4 aromatic rings. The van der Waals surface area contributed by atoms with Gasteiger partial charge in [-0.3, -0.25) is 14.3 Å². The lowest BCUT2D eigenvalue weighted by molar-refractivity contribution is 0.0950. The molecule has 0 saturated carbocycles. The number of amides is 2. The van der Waals surface area contributed by atoms with Crippen LogP contribution in [0.1, 0.15) is 32.0 Å². The second kappa shape index (κ2) is 9.52. The quantitative estimate of drug-likeness (QED) is 0.416. The Bertz CT molecular complexity index is 1240. The van der Waals surface area contributed by atoms with Crippen LogP contribution in [0.3, 0.4) is 0 Å². The molecule has 0 aliphatic rings. The first-order chi connectivity index (χ1) is 15.6. The number of carbonyl (C=O) groups is 2. The van der Waals surface area contributed by atoms with Crippen molar-refractivity contribution < 1.29 is 9.59 Å². The SMILES string of the molecule is Nc1nccnc1C(=O)Nc1cnn(Cc2cccc(C(=O)NCc3ccccc3)c2)c1. The monoisotopic (exact) mass is 427 g/mol. The molecule has 9 heteroatoms. The summed E-state index contributed by atoms with van der Waals surface area (Å²) in [5, 5.41) is 9.89. The number of aromatic nitrogens is 4. The Balaban J connectivity index is 1.37. The topological polar surface area (TPSA) is 128 Å². The molecule has 0 radical (unpaired) electrons. The molecule has 0 fully saturated rings. The predicted octanol–water partition coefficient (Wildman–Crippen LogP) is 2.49. The fraction of sp³-hybridized carbons (Fsp3) is 0.0870. The zero-order valence-electron chi connectivity index (χ0n) is 17.1. The summed E-state index contributed by atoms with van der Waals surface area (Å²) in [5.41, 5.74) is 8.74. The van der Waals surface area contributed by atoms with Gasteiger partial charge in [0.25, 0.3) is 11.8 Å². The lowest BCUT2D eigenvalue weighted by atomic mass is 10.1. The largest absolute Gasteiger partial charge is 0.382 e. The van der Waals surface area contributed by atoms with E-state index in [1.807, 2.05) is 48.5 Å². The predicted molar refractivity (Wildman–Crippen MR) is 120 cm³/mol. The van der Waals surface area contributed by atoms with E-state index < -0.39 is 5.91 Å². The minimum atomic E-state index is -0.466. The highest BCUT2D eigenvalue weighted by molar-refractivity contribution is 6.05. The molecule has 0 atom stereocenters. The van der Waals surface area contributed by atoms with E-state index in [9.17, 15) is 9.59 Å². The van der Waals surface area contributed by atoms with Crippen molar-refractivity contribution in [3.63, 3.8) is 0 Å². The number of rotatable bonds is 7. The Morgan fingerprint density at radius 1 is 0.938 bits per heavy atom. The first-order valence-electron chi connectivity index (χ1n) is 9.90. The van der Waals surface area contributed by atoms with Gasteiger partial charge in [0, 0.05) is 30.7 Å². The lowest BCUT2D eigenvalue weighted by Gasteiger charge is -2.08. The van der Waals surface area contributed by atoms with E-state index in [2.05, 4.69) is 25.7 Å². The molecular weight excluding hydrogens is 406 g/mol. The highest BCUT2D eigenvalue weighted by atomic mass is 16.2. The molecule has 32 heavy (non-hydrogen) atoms. The lowest BCUT2D eigenvalue weighted by Crippen LogP contribution is -2.22. The van der Waals surface area contributed by atoms with Gasteiger partial charge in [-0.1, -0.05) is 42.5 Å². The summed E-state index contributed by atoms with van der Waals surface area (Å²) in [6.45, 7) is 0.894. The van der Waals surface area contributed by atoms with Gasteiger partial charge < -0.3 is 16.4 Å². The molecule has 0 unspecified atom stereocenters. The van der Waals surface area contributed by atoms with Gasteiger partial charge >= 0.3 is 0 Å². The fourth-order valence-corrected chi connectivity index (χ4v) is 3.11. The summed E-state index contributed by atoms with van der Waals surface area (Å²) < 4.78 is 1.66.